The predicted octanol–water partition coefficient (Wildman–Crippen LogP) is 6.06. The van der Waals surface area contributed by atoms with Crippen LogP contribution in [0.4, 0.5) is 5.00 Å². The van der Waals surface area contributed by atoms with Crippen molar-refractivity contribution in [3.63, 3.8) is 0 Å². The number of benzene rings is 2. The van der Waals surface area contributed by atoms with Gasteiger partial charge in [0.25, 0.3) is 11.8 Å². The Balaban J connectivity index is 1.71. The number of thiophene rings is 1. The first-order chi connectivity index (χ1) is 14.2. The van der Waals surface area contributed by atoms with Gasteiger partial charge in [-0.15, -0.1) is 11.3 Å². The molecule has 4 rings (SSSR count). The van der Waals surface area contributed by atoms with Crippen molar-refractivity contribution in [2.45, 2.75) is 40.0 Å². The lowest BCUT2D eigenvalue weighted by Crippen LogP contribution is -2.27. The van der Waals surface area contributed by atoms with Crippen molar-refractivity contribution in [1.29, 1.82) is 0 Å². The van der Waals surface area contributed by atoms with Crippen LogP contribution < -0.4 is 11.1 Å². The number of nitrogens with two attached hydrogens (primary N) is 1. The molecular formula is C24H25ClN2O2S. The van der Waals surface area contributed by atoms with Crippen LogP contribution in [0.2, 0.25) is 5.02 Å². The third-order valence-electron chi connectivity index (χ3n) is 6.08. The maximum Gasteiger partial charge on any atom is 0.256 e. The summed E-state index contributed by atoms with van der Waals surface area (Å²) in [6.45, 7) is 6.75. The Kier molecular flexibility index (Phi) is 5.37. The van der Waals surface area contributed by atoms with Crippen LogP contribution in [0.15, 0.2) is 36.4 Å². The van der Waals surface area contributed by atoms with E-state index in [0.717, 1.165) is 40.5 Å². The minimum Gasteiger partial charge on any atom is -0.365 e. The quantitative estimate of drug-likeness (QED) is 0.519. The third-order valence-corrected chi connectivity index (χ3v) is 7.58. The van der Waals surface area contributed by atoms with Crippen molar-refractivity contribution >= 4 is 50.5 Å². The largest absolute Gasteiger partial charge is 0.365 e. The number of hydrogen-bond acceptors (Lipinski definition) is 3. The summed E-state index contributed by atoms with van der Waals surface area (Å²) in [7, 11) is 0. The number of hydrogen-bond donors (Lipinski definition) is 2. The van der Waals surface area contributed by atoms with Gasteiger partial charge in [-0.05, 0) is 53.7 Å². The Morgan fingerprint density at radius 1 is 1.13 bits per heavy atom. The molecule has 3 N–H and O–H groups in total. The fourth-order valence-corrected chi connectivity index (χ4v) is 5.88. The van der Waals surface area contributed by atoms with E-state index in [9.17, 15) is 9.59 Å². The fraction of sp³-hybridized carbons (Fsp3) is 0.333. The lowest BCUT2D eigenvalue weighted by Gasteiger charge is -2.33. The minimum atomic E-state index is -0.488. The average Bonchev–Trinajstić information content (AvgIpc) is 3.04. The number of carbonyl (C=O) groups excluding carboxylic acids is 2. The zero-order chi connectivity index (χ0) is 21.6. The van der Waals surface area contributed by atoms with Gasteiger partial charge in [-0.1, -0.05) is 56.6 Å². The Hall–Kier alpha value is -2.37. The third kappa shape index (κ3) is 3.72. The highest BCUT2D eigenvalue weighted by Gasteiger charge is 2.33. The normalized spacial score (nSPS) is 16.3. The van der Waals surface area contributed by atoms with Crippen molar-refractivity contribution < 1.29 is 9.59 Å². The Bertz CT molecular complexity index is 1160. The summed E-state index contributed by atoms with van der Waals surface area (Å²) >= 11 is 7.77. The van der Waals surface area contributed by atoms with E-state index >= 15 is 0 Å². The summed E-state index contributed by atoms with van der Waals surface area (Å²) in [4.78, 5) is 26.6. The molecule has 0 fully saturated rings. The number of rotatable bonds is 3. The molecule has 0 bridgehead atoms. The molecule has 0 radical (unpaired) electrons. The summed E-state index contributed by atoms with van der Waals surface area (Å²) in [5.74, 6) is -0.220. The molecule has 3 aromatic rings. The summed E-state index contributed by atoms with van der Waals surface area (Å²) in [5.41, 5.74) is 7.91. The Morgan fingerprint density at radius 2 is 1.83 bits per heavy atom. The van der Waals surface area contributed by atoms with E-state index in [-0.39, 0.29) is 11.3 Å². The van der Waals surface area contributed by atoms with Gasteiger partial charge in [0.05, 0.1) is 5.56 Å². The van der Waals surface area contributed by atoms with Crippen LogP contribution in [-0.4, -0.2) is 11.8 Å². The van der Waals surface area contributed by atoms with Gasteiger partial charge in [0.15, 0.2) is 0 Å². The molecule has 1 heterocycles. The average molecular weight is 441 g/mol. The molecule has 6 heteroatoms. The minimum absolute atomic E-state index is 0.195. The highest BCUT2D eigenvalue weighted by atomic mass is 35.5. The maximum atomic E-state index is 13.2. The van der Waals surface area contributed by atoms with Crippen molar-refractivity contribution in [2.24, 2.45) is 17.1 Å². The molecule has 2 aromatic carbocycles. The van der Waals surface area contributed by atoms with Gasteiger partial charge in [-0.3, -0.25) is 9.59 Å². The van der Waals surface area contributed by atoms with Gasteiger partial charge in [-0.2, -0.15) is 0 Å². The molecule has 0 spiro atoms. The van der Waals surface area contributed by atoms with Gasteiger partial charge in [-0.25, -0.2) is 0 Å². The van der Waals surface area contributed by atoms with E-state index in [0.29, 0.717) is 27.1 Å². The SMILES string of the molecule is CC(C)(C)[C@@H]1CCc2c(sc(NC(=O)c3cccc4c(Cl)cccc34)c2C(N)=O)C1. The van der Waals surface area contributed by atoms with Gasteiger partial charge in [0, 0.05) is 20.8 Å². The van der Waals surface area contributed by atoms with Gasteiger partial charge < -0.3 is 11.1 Å². The van der Waals surface area contributed by atoms with Crippen molar-refractivity contribution in [3.8, 4) is 0 Å². The molecule has 1 aliphatic carbocycles. The molecule has 0 saturated carbocycles. The molecule has 156 valence electrons. The molecule has 0 saturated heterocycles. The highest BCUT2D eigenvalue weighted by molar-refractivity contribution is 7.17. The Morgan fingerprint density at radius 3 is 2.53 bits per heavy atom. The number of primary amides is 1. The van der Waals surface area contributed by atoms with E-state index in [2.05, 4.69) is 26.1 Å². The monoisotopic (exact) mass is 440 g/mol. The summed E-state index contributed by atoms with van der Waals surface area (Å²) in [6, 6.07) is 11.0. The number of halogens is 1. The second-order valence-corrected chi connectivity index (χ2v) is 10.5. The van der Waals surface area contributed by atoms with Crippen molar-refractivity contribution in [1.82, 2.24) is 0 Å². The zero-order valence-corrected chi connectivity index (χ0v) is 18.9. The first-order valence-corrected chi connectivity index (χ1v) is 11.3. The molecule has 4 nitrogen and oxygen atoms in total. The predicted molar refractivity (Wildman–Crippen MR) is 125 cm³/mol. The summed E-state index contributed by atoms with van der Waals surface area (Å²) in [6.07, 6.45) is 2.73. The molecule has 1 aromatic heterocycles. The van der Waals surface area contributed by atoms with E-state index in [1.807, 2.05) is 24.3 Å². The second-order valence-electron chi connectivity index (χ2n) is 8.97. The van der Waals surface area contributed by atoms with Gasteiger partial charge in [0.1, 0.15) is 5.00 Å². The van der Waals surface area contributed by atoms with Crippen molar-refractivity contribution in [2.75, 3.05) is 5.32 Å². The molecule has 1 aliphatic rings. The molecule has 0 unspecified atom stereocenters. The van der Waals surface area contributed by atoms with Crippen LogP contribution in [-0.2, 0) is 12.8 Å². The number of fused-ring (bicyclic) bond motifs is 2. The van der Waals surface area contributed by atoms with Crippen LogP contribution in [0.3, 0.4) is 0 Å². The lowest BCUT2D eigenvalue weighted by molar-refractivity contribution is 0.1000. The molecule has 1 atom stereocenters. The standard InChI is InChI=1S/C24H25ClN2O2S/c1-24(2,3)13-10-11-17-19(12-13)30-23(20(17)21(26)28)27-22(29)16-8-4-7-15-14(16)6-5-9-18(15)25/h4-9,13H,10-12H2,1-3H3,(H2,26,28)(H,27,29)/t13-/m1/s1. The number of carbonyl (C=O) groups is 2. The lowest BCUT2D eigenvalue weighted by atomic mass is 9.72. The molecule has 30 heavy (non-hydrogen) atoms. The van der Waals surface area contributed by atoms with E-state index in [1.165, 1.54) is 11.3 Å². The van der Waals surface area contributed by atoms with Crippen LogP contribution in [0, 0.1) is 11.3 Å². The van der Waals surface area contributed by atoms with Gasteiger partial charge in [0.2, 0.25) is 0 Å². The number of amides is 2. The Labute approximate surface area is 185 Å². The molecule has 2 amide bonds. The van der Waals surface area contributed by atoms with Crippen molar-refractivity contribution in [3.05, 3.63) is 63.0 Å². The van der Waals surface area contributed by atoms with E-state index in [4.69, 9.17) is 17.3 Å². The fourth-order valence-electron chi connectivity index (χ4n) is 4.31. The van der Waals surface area contributed by atoms with E-state index in [1.54, 1.807) is 12.1 Å². The smallest absolute Gasteiger partial charge is 0.256 e. The summed E-state index contributed by atoms with van der Waals surface area (Å²) in [5, 5.41) is 5.71. The summed E-state index contributed by atoms with van der Waals surface area (Å²) < 4.78 is 0. The zero-order valence-electron chi connectivity index (χ0n) is 17.3. The van der Waals surface area contributed by atoms with E-state index < -0.39 is 5.91 Å². The first-order valence-electron chi connectivity index (χ1n) is 10.1. The molecular weight excluding hydrogens is 416 g/mol. The topological polar surface area (TPSA) is 72.2 Å². The van der Waals surface area contributed by atoms with Crippen LogP contribution in [0.1, 0.15) is 58.3 Å². The van der Waals surface area contributed by atoms with Gasteiger partial charge >= 0.3 is 0 Å². The van der Waals surface area contributed by atoms with Crippen LogP contribution in [0.5, 0.6) is 0 Å². The molecule has 0 aliphatic heterocycles. The number of nitrogens with one attached hydrogen (secondary N) is 1. The van der Waals surface area contributed by atoms with Crippen LogP contribution >= 0.6 is 22.9 Å². The number of anilines is 1. The highest BCUT2D eigenvalue weighted by Crippen LogP contribution is 2.44. The second kappa shape index (κ2) is 7.71. The maximum absolute atomic E-state index is 13.2. The van der Waals surface area contributed by atoms with Crippen LogP contribution in [0.25, 0.3) is 10.8 Å². The first kappa shape index (κ1) is 20.9.